The maximum absolute atomic E-state index is 13.4. The first kappa shape index (κ1) is 20.8. The highest BCUT2D eigenvalue weighted by Crippen LogP contribution is 2.19. The maximum atomic E-state index is 13.4. The Morgan fingerprint density at radius 1 is 1.14 bits per heavy atom. The Morgan fingerprint density at radius 2 is 1.90 bits per heavy atom. The number of carbonyl (C=O) groups is 1. The average Bonchev–Trinajstić information content (AvgIpc) is 3.22. The van der Waals surface area contributed by atoms with E-state index in [1.54, 1.807) is 24.3 Å². The first-order valence-electron chi connectivity index (χ1n) is 8.40. The molecular weight excluding hydrogens is 419 g/mol. The summed E-state index contributed by atoms with van der Waals surface area (Å²) in [6.45, 7) is 0.0441. The van der Waals surface area contributed by atoms with Gasteiger partial charge in [-0.3, -0.25) is 4.79 Å². The molecule has 0 radical (unpaired) electrons. The molecule has 0 saturated heterocycles. The first-order chi connectivity index (χ1) is 13.8. The predicted molar refractivity (Wildman–Crippen MR) is 108 cm³/mol. The molecule has 0 unspecified atom stereocenters. The highest BCUT2D eigenvalue weighted by atomic mass is 35.5. The van der Waals surface area contributed by atoms with Crippen molar-refractivity contribution >= 4 is 39.3 Å². The van der Waals surface area contributed by atoms with Gasteiger partial charge in [0.15, 0.2) is 0 Å². The number of rotatable bonds is 7. The zero-order chi connectivity index (χ0) is 20.9. The molecule has 0 fully saturated rings. The molecule has 0 aliphatic carbocycles. The fourth-order valence-electron chi connectivity index (χ4n) is 2.35. The molecule has 29 heavy (non-hydrogen) atoms. The topological polar surface area (TPSA) is 88.4 Å². The molecule has 9 heteroatoms. The van der Waals surface area contributed by atoms with Crippen LogP contribution >= 0.6 is 11.6 Å². The second-order valence-corrected chi connectivity index (χ2v) is 8.10. The van der Waals surface area contributed by atoms with Gasteiger partial charge in [0.05, 0.1) is 22.7 Å². The van der Waals surface area contributed by atoms with Gasteiger partial charge >= 0.3 is 0 Å². The summed E-state index contributed by atoms with van der Waals surface area (Å²) in [7, 11) is -3.69. The van der Waals surface area contributed by atoms with E-state index in [1.807, 2.05) is 0 Å². The van der Waals surface area contributed by atoms with Crippen LogP contribution in [0.5, 0.6) is 0 Å². The normalized spacial score (nSPS) is 11.7. The van der Waals surface area contributed by atoms with Crippen molar-refractivity contribution in [2.45, 2.75) is 11.4 Å². The lowest BCUT2D eigenvalue weighted by molar-refractivity contribution is -0.111. The highest BCUT2D eigenvalue weighted by molar-refractivity contribution is 7.89. The van der Waals surface area contributed by atoms with Gasteiger partial charge in [-0.25, -0.2) is 17.5 Å². The molecule has 0 saturated carbocycles. The van der Waals surface area contributed by atoms with Crippen molar-refractivity contribution < 1.29 is 22.0 Å². The standard InChI is InChI=1S/C20H16ClFN2O4S/c21-18-9-6-15(12-19(18)22)24-20(25)10-5-14-3-7-17(8-4-14)29(26,27)23-13-16-2-1-11-28-16/h1-12,23H,13H2,(H,24,25)/b10-5+. The summed E-state index contributed by atoms with van der Waals surface area (Å²) in [6, 6.07) is 13.3. The SMILES string of the molecule is O=C(/C=C/c1ccc(S(=O)(=O)NCc2ccco2)cc1)Nc1ccc(Cl)c(F)c1. The van der Waals surface area contributed by atoms with Gasteiger partial charge in [-0.15, -0.1) is 0 Å². The zero-order valence-electron chi connectivity index (χ0n) is 14.9. The Labute approximate surface area is 172 Å². The van der Waals surface area contributed by atoms with Gasteiger partial charge in [0, 0.05) is 11.8 Å². The minimum atomic E-state index is -3.69. The van der Waals surface area contributed by atoms with E-state index in [-0.39, 0.29) is 22.2 Å². The number of hydrogen-bond acceptors (Lipinski definition) is 4. The molecule has 6 nitrogen and oxygen atoms in total. The third-order valence-electron chi connectivity index (χ3n) is 3.82. The number of sulfonamides is 1. The highest BCUT2D eigenvalue weighted by Gasteiger charge is 2.14. The fourth-order valence-corrected chi connectivity index (χ4v) is 3.46. The maximum Gasteiger partial charge on any atom is 0.248 e. The summed E-state index contributed by atoms with van der Waals surface area (Å²) in [4.78, 5) is 12.0. The number of furan rings is 1. The van der Waals surface area contributed by atoms with E-state index in [2.05, 4.69) is 10.0 Å². The summed E-state index contributed by atoms with van der Waals surface area (Å²) in [5.41, 5.74) is 0.887. The first-order valence-corrected chi connectivity index (χ1v) is 10.3. The molecule has 1 heterocycles. The summed E-state index contributed by atoms with van der Waals surface area (Å²) in [5.74, 6) is -0.603. The summed E-state index contributed by atoms with van der Waals surface area (Å²) in [6.07, 6.45) is 4.23. The van der Waals surface area contributed by atoms with Crippen molar-refractivity contribution in [2.75, 3.05) is 5.32 Å². The average molecular weight is 435 g/mol. The van der Waals surface area contributed by atoms with Gasteiger partial charge in [0.1, 0.15) is 11.6 Å². The van der Waals surface area contributed by atoms with Crippen LogP contribution < -0.4 is 10.0 Å². The number of halogens is 2. The van der Waals surface area contributed by atoms with Gasteiger partial charge in [0.25, 0.3) is 0 Å². The van der Waals surface area contributed by atoms with E-state index in [9.17, 15) is 17.6 Å². The number of nitrogens with one attached hydrogen (secondary N) is 2. The quantitative estimate of drug-likeness (QED) is 0.545. The molecule has 1 aromatic heterocycles. The number of hydrogen-bond donors (Lipinski definition) is 2. The molecule has 2 aromatic carbocycles. The molecule has 3 aromatic rings. The van der Waals surface area contributed by atoms with Gasteiger partial charge in [-0.05, 0) is 54.1 Å². The van der Waals surface area contributed by atoms with E-state index in [4.69, 9.17) is 16.0 Å². The van der Waals surface area contributed by atoms with E-state index in [1.165, 1.54) is 42.7 Å². The fraction of sp³-hybridized carbons (Fsp3) is 0.0500. The van der Waals surface area contributed by atoms with Gasteiger partial charge < -0.3 is 9.73 Å². The van der Waals surface area contributed by atoms with Crippen LogP contribution in [-0.2, 0) is 21.4 Å². The third kappa shape index (κ3) is 5.77. The van der Waals surface area contributed by atoms with Gasteiger partial charge in [-0.2, -0.15) is 0 Å². The van der Waals surface area contributed by atoms with Crippen molar-refractivity contribution in [3.8, 4) is 0 Å². The second kappa shape index (κ2) is 9.04. The molecular formula is C20H16ClFN2O4S. The Bertz CT molecular complexity index is 1130. The van der Waals surface area contributed by atoms with Crippen LogP contribution in [0.4, 0.5) is 10.1 Å². The van der Waals surface area contributed by atoms with Crippen LogP contribution in [0, 0.1) is 5.82 Å². The van der Waals surface area contributed by atoms with E-state index >= 15 is 0 Å². The lowest BCUT2D eigenvalue weighted by Gasteiger charge is -2.06. The Balaban J connectivity index is 1.60. The van der Waals surface area contributed by atoms with Crippen LogP contribution in [-0.4, -0.2) is 14.3 Å². The van der Waals surface area contributed by atoms with Crippen molar-refractivity contribution in [2.24, 2.45) is 0 Å². The summed E-state index contributed by atoms with van der Waals surface area (Å²) in [5, 5.41) is 2.47. The molecule has 0 atom stereocenters. The van der Waals surface area contributed by atoms with Crippen molar-refractivity contribution in [1.29, 1.82) is 0 Å². The minimum Gasteiger partial charge on any atom is -0.468 e. The monoisotopic (exact) mass is 434 g/mol. The molecule has 0 spiro atoms. The van der Waals surface area contributed by atoms with E-state index in [0.717, 1.165) is 6.07 Å². The molecule has 1 amide bonds. The van der Waals surface area contributed by atoms with Crippen LogP contribution in [0.15, 0.2) is 76.2 Å². The predicted octanol–water partition coefficient (Wildman–Crippen LogP) is 4.20. The molecule has 150 valence electrons. The Morgan fingerprint density at radius 3 is 2.55 bits per heavy atom. The van der Waals surface area contributed by atoms with Crippen molar-refractivity contribution in [3.05, 3.63) is 89.1 Å². The zero-order valence-corrected chi connectivity index (χ0v) is 16.5. The van der Waals surface area contributed by atoms with Crippen LogP contribution in [0.3, 0.4) is 0 Å². The largest absolute Gasteiger partial charge is 0.468 e. The van der Waals surface area contributed by atoms with E-state index < -0.39 is 21.7 Å². The van der Waals surface area contributed by atoms with Crippen LogP contribution in [0.25, 0.3) is 6.08 Å². The van der Waals surface area contributed by atoms with Crippen LogP contribution in [0.2, 0.25) is 5.02 Å². The molecule has 2 N–H and O–H groups in total. The molecule has 0 aliphatic heterocycles. The Hall–Kier alpha value is -2.94. The summed E-state index contributed by atoms with van der Waals surface area (Å²) >= 11 is 5.60. The molecule has 0 aliphatic rings. The number of carbonyl (C=O) groups excluding carboxylic acids is 1. The van der Waals surface area contributed by atoms with Crippen molar-refractivity contribution in [1.82, 2.24) is 4.72 Å². The van der Waals surface area contributed by atoms with E-state index in [0.29, 0.717) is 11.3 Å². The third-order valence-corrected chi connectivity index (χ3v) is 5.54. The minimum absolute atomic E-state index is 0.0350. The lowest BCUT2D eigenvalue weighted by Crippen LogP contribution is -2.22. The van der Waals surface area contributed by atoms with Crippen molar-refractivity contribution in [3.63, 3.8) is 0 Å². The van der Waals surface area contributed by atoms with Crippen LogP contribution in [0.1, 0.15) is 11.3 Å². The Kier molecular flexibility index (Phi) is 6.48. The molecule has 3 rings (SSSR count). The second-order valence-electron chi connectivity index (χ2n) is 5.92. The number of anilines is 1. The number of benzene rings is 2. The smallest absolute Gasteiger partial charge is 0.248 e. The lowest BCUT2D eigenvalue weighted by atomic mass is 10.2. The van der Waals surface area contributed by atoms with Gasteiger partial charge in [-0.1, -0.05) is 23.7 Å². The van der Waals surface area contributed by atoms with Gasteiger partial charge in [0.2, 0.25) is 15.9 Å². The summed E-state index contributed by atoms with van der Waals surface area (Å²) < 4.78 is 45.5. The number of amides is 1. The molecule has 0 bridgehead atoms.